The number of aromatic nitrogens is 2. The minimum absolute atomic E-state index is 0.0450. The van der Waals surface area contributed by atoms with Crippen molar-refractivity contribution in [1.82, 2.24) is 14.9 Å². The van der Waals surface area contributed by atoms with E-state index in [-0.39, 0.29) is 29.9 Å². The minimum atomic E-state index is -0.748. The number of hydrogen-bond donors (Lipinski definition) is 1. The first-order chi connectivity index (χ1) is 14.8. The van der Waals surface area contributed by atoms with Gasteiger partial charge in [-0.25, -0.2) is 23.1 Å². The highest BCUT2D eigenvalue weighted by atomic mass is 19.1. The second-order valence-corrected chi connectivity index (χ2v) is 8.39. The third-order valence-electron chi connectivity index (χ3n) is 6.30. The average Bonchev–Trinajstić information content (AvgIpc) is 2.75. The van der Waals surface area contributed by atoms with Crippen LogP contribution in [0.25, 0.3) is 5.57 Å². The molecule has 6 nitrogen and oxygen atoms in total. The molecule has 0 amide bonds. The molecular formula is C22H27F3N6. The Morgan fingerprint density at radius 2 is 1.68 bits per heavy atom. The molecular weight excluding hydrogens is 405 g/mol. The SMILES string of the molecule is C[C@@H]1CN(c2cc(F)c(C3=CCCN(c4ncc(F)cn4)C3)c(F)c2N)C[C@H](C)N1C. The highest BCUT2D eigenvalue weighted by Crippen LogP contribution is 2.36. The van der Waals surface area contributed by atoms with Crippen molar-refractivity contribution in [1.29, 1.82) is 0 Å². The number of nitrogens with zero attached hydrogens (tertiary/aromatic N) is 5. The Hall–Kier alpha value is -2.81. The van der Waals surface area contributed by atoms with Crippen LogP contribution in [0.2, 0.25) is 0 Å². The van der Waals surface area contributed by atoms with E-state index in [4.69, 9.17) is 5.73 Å². The maximum atomic E-state index is 15.4. The van der Waals surface area contributed by atoms with Gasteiger partial charge >= 0.3 is 0 Å². The number of likely N-dealkylation sites (N-methyl/N-ethyl adjacent to an activating group) is 1. The monoisotopic (exact) mass is 432 g/mol. The Balaban J connectivity index is 1.63. The molecule has 0 radical (unpaired) electrons. The molecule has 1 saturated heterocycles. The zero-order valence-corrected chi connectivity index (χ0v) is 17.9. The fraction of sp³-hybridized carbons (Fsp3) is 0.455. The summed E-state index contributed by atoms with van der Waals surface area (Å²) >= 11 is 0. The minimum Gasteiger partial charge on any atom is -0.395 e. The second-order valence-electron chi connectivity index (χ2n) is 8.39. The molecule has 31 heavy (non-hydrogen) atoms. The van der Waals surface area contributed by atoms with Gasteiger partial charge in [0.1, 0.15) is 5.82 Å². The molecule has 2 atom stereocenters. The fourth-order valence-corrected chi connectivity index (χ4v) is 4.34. The molecule has 1 aromatic carbocycles. The van der Waals surface area contributed by atoms with Crippen LogP contribution in [-0.4, -0.2) is 60.2 Å². The highest BCUT2D eigenvalue weighted by molar-refractivity contribution is 5.79. The van der Waals surface area contributed by atoms with Crippen molar-refractivity contribution in [2.45, 2.75) is 32.4 Å². The maximum absolute atomic E-state index is 15.4. The molecule has 2 aliphatic rings. The van der Waals surface area contributed by atoms with Crippen molar-refractivity contribution in [2.75, 3.05) is 48.8 Å². The lowest BCUT2D eigenvalue weighted by molar-refractivity contribution is 0.170. The van der Waals surface area contributed by atoms with Gasteiger partial charge in [0.05, 0.1) is 29.3 Å². The number of anilines is 3. The van der Waals surface area contributed by atoms with E-state index in [0.717, 1.165) is 12.4 Å². The van der Waals surface area contributed by atoms with E-state index in [1.807, 2.05) is 11.9 Å². The van der Waals surface area contributed by atoms with Crippen LogP contribution in [0, 0.1) is 17.5 Å². The van der Waals surface area contributed by atoms with Gasteiger partial charge in [0.2, 0.25) is 5.95 Å². The van der Waals surface area contributed by atoms with Gasteiger partial charge in [-0.15, -0.1) is 0 Å². The van der Waals surface area contributed by atoms with E-state index >= 15 is 8.78 Å². The Kier molecular flexibility index (Phi) is 5.79. The lowest BCUT2D eigenvalue weighted by atomic mass is 9.97. The van der Waals surface area contributed by atoms with Gasteiger partial charge in [0.15, 0.2) is 11.6 Å². The number of nitrogens with two attached hydrogens (primary N) is 1. The van der Waals surface area contributed by atoms with E-state index < -0.39 is 17.5 Å². The van der Waals surface area contributed by atoms with Gasteiger partial charge in [0.25, 0.3) is 0 Å². The van der Waals surface area contributed by atoms with Crippen molar-refractivity contribution in [3.05, 3.63) is 47.6 Å². The summed E-state index contributed by atoms with van der Waals surface area (Å²) in [5.74, 6) is -1.61. The molecule has 1 fully saturated rings. The van der Waals surface area contributed by atoms with Gasteiger partial charge in [0, 0.05) is 44.3 Å². The van der Waals surface area contributed by atoms with Gasteiger partial charge in [-0.2, -0.15) is 0 Å². The van der Waals surface area contributed by atoms with Crippen LogP contribution < -0.4 is 15.5 Å². The quantitative estimate of drug-likeness (QED) is 0.751. The summed E-state index contributed by atoms with van der Waals surface area (Å²) in [5, 5.41) is 0. The average molecular weight is 432 g/mol. The summed E-state index contributed by atoms with van der Waals surface area (Å²) in [5.41, 5.74) is 6.88. The largest absolute Gasteiger partial charge is 0.395 e. The molecule has 166 valence electrons. The summed E-state index contributed by atoms with van der Waals surface area (Å²) in [6.45, 7) is 6.23. The Morgan fingerprint density at radius 3 is 2.32 bits per heavy atom. The normalized spacial score (nSPS) is 22.6. The van der Waals surface area contributed by atoms with Crippen molar-refractivity contribution >= 4 is 22.9 Å². The van der Waals surface area contributed by atoms with Crippen molar-refractivity contribution in [2.24, 2.45) is 0 Å². The maximum Gasteiger partial charge on any atom is 0.225 e. The summed E-state index contributed by atoms with van der Waals surface area (Å²) in [4.78, 5) is 13.9. The van der Waals surface area contributed by atoms with Crippen LogP contribution in [0.5, 0.6) is 0 Å². The number of benzene rings is 1. The first-order valence-electron chi connectivity index (χ1n) is 10.4. The molecule has 0 saturated carbocycles. The first-order valence-corrected chi connectivity index (χ1v) is 10.4. The van der Waals surface area contributed by atoms with Crippen LogP contribution in [0.15, 0.2) is 24.5 Å². The molecule has 4 rings (SSSR count). The van der Waals surface area contributed by atoms with Crippen molar-refractivity contribution in [3.63, 3.8) is 0 Å². The van der Waals surface area contributed by atoms with Crippen LogP contribution in [0.4, 0.5) is 30.5 Å². The Labute approximate surface area is 180 Å². The van der Waals surface area contributed by atoms with Gasteiger partial charge in [-0.1, -0.05) is 6.08 Å². The summed E-state index contributed by atoms with van der Waals surface area (Å²) in [6.07, 6.45) is 4.52. The molecule has 0 aliphatic carbocycles. The highest BCUT2D eigenvalue weighted by Gasteiger charge is 2.30. The molecule has 0 spiro atoms. The number of halogens is 3. The predicted octanol–water partition coefficient (Wildman–Crippen LogP) is 3.30. The van der Waals surface area contributed by atoms with Crippen molar-refractivity contribution in [3.8, 4) is 0 Å². The van der Waals surface area contributed by atoms with Crippen molar-refractivity contribution < 1.29 is 13.2 Å². The third-order valence-corrected chi connectivity index (χ3v) is 6.30. The second kappa shape index (κ2) is 8.37. The van der Waals surface area contributed by atoms with Gasteiger partial charge < -0.3 is 15.5 Å². The van der Waals surface area contributed by atoms with Crippen LogP contribution in [0.3, 0.4) is 0 Å². The third kappa shape index (κ3) is 4.06. The van der Waals surface area contributed by atoms with E-state index in [1.54, 1.807) is 11.0 Å². The van der Waals surface area contributed by atoms with E-state index in [0.29, 0.717) is 43.3 Å². The zero-order valence-electron chi connectivity index (χ0n) is 17.9. The molecule has 2 aromatic rings. The van der Waals surface area contributed by atoms with Crippen LogP contribution in [-0.2, 0) is 0 Å². The topological polar surface area (TPSA) is 61.5 Å². The Morgan fingerprint density at radius 1 is 1.03 bits per heavy atom. The first kappa shape index (κ1) is 21.4. The zero-order chi connectivity index (χ0) is 22.3. The Bertz CT molecular complexity index is 982. The lowest BCUT2D eigenvalue weighted by Gasteiger charge is -2.44. The number of hydrogen-bond acceptors (Lipinski definition) is 6. The summed E-state index contributed by atoms with van der Waals surface area (Å²) < 4.78 is 43.7. The van der Waals surface area contributed by atoms with Crippen LogP contribution >= 0.6 is 0 Å². The molecule has 9 heteroatoms. The van der Waals surface area contributed by atoms with Crippen LogP contribution in [0.1, 0.15) is 25.8 Å². The molecule has 2 aliphatic heterocycles. The van der Waals surface area contributed by atoms with Gasteiger partial charge in [-0.05, 0) is 32.9 Å². The fourth-order valence-electron chi connectivity index (χ4n) is 4.34. The predicted molar refractivity (Wildman–Crippen MR) is 116 cm³/mol. The van der Waals surface area contributed by atoms with Gasteiger partial charge in [-0.3, -0.25) is 4.90 Å². The standard InChI is InChI=1S/C22H27F3N6/c1-13-10-31(11-14(2)29(13)3)18-7-17(24)19(20(25)21(18)26)15-5-4-6-30(12-15)22-27-8-16(23)9-28-22/h5,7-9,13-14H,4,6,10-12,26H2,1-3H3/t13-,14+. The number of piperazine rings is 1. The molecule has 0 bridgehead atoms. The lowest BCUT2D eigenvalue weighted by Crippen LogP contribution is -2.55. The summed E-state index contributed by atoms with van der Waals surface area (Å²) in [7, 11) is 2.05. The molecule has 1 aromatic heterocycles. The number of nitrogen functional groups attached to an aromatic ring is 1. The smallest absolute Gasteiger partial charge is 0.225 e. The van der Waals surface area contributed by atoms with E-state index in [9.17, 15) is 4.39 Å². The number of rotatable bonds is 3. The molecule has 3 heterocycles. The molecule has 0 unspecified atom stereocenters. The summed E-state index contributed by atoms with van der Waals surface area (Å²) in [6, 6.07) is 1.81. The van der Waals surface area contributed by atoms with E-state index in [2.05, 4.69) is 28.7 Å². The molecule has 2 N–H and O–H groups in total. The van der Waals surface area contributed by atoms with E-state index in [1.165, 1.54) is 6.07 Å².